The Hall–Kier alpha value is -1.26. The number of thiophene rings is 1. The summed E-state index contributed by atoms with van der Waals surface area (Å²) in [7, 11) is -1.23. The van der Waals surface area contributed by atoms with Crippen molar-refractivity contribution in [1.82, 2.24) is 0 Å². The van der Waals surface area contributed by atoms with Crippen LogP contribution < -0.4 is 0 Å². The first-order valence-electron chi connectivity index (χ1n) is 6.31. The van der Waals surface area contributed by atoms with E-state index in [0.717, 1.165) is 17.7 Å². The summed E-state index contributed by atoms with van der Waals surface area (Å²) in [6.07, 6.45) is 3.37. The third-order valence-corrected chi connectivity index (χ3v) is 5.61. The average molecular weight is 290 g/mol. The Morgan fingerprint density at radius 1 is 1.21 bits per heavy atom. The van der Waals surface area contributed by atoms with E-state index in [1.807, 2.05) is 23.6 Å². The van der Waals surface area contributed by atoms with Gasteiger partial charge in [-0.25, -0.2) is 0 Å². The van der Waals surface area contributed by atoms with Crippen molar-refractivity contribution in [1.29, 1.82) is 0 Å². The predicted octanol–water partition coefficient (Wildman–Crippen LogP) is 3.23. The molecule has 2 aromatic rings. The lowest BCUT2D eigenvalue weighted by molar-refractivity contribution is 0.102. The molecule has 1 aromatic heterocycles. The molecular formula is C15H14O2S2. The Kier molecular flexibility index (Phi) is 3.62. The number of Topliss-reactive ketones (excluding diaryl/α,β-unsaturated/α-hetero) is 1. The van der Waals surface area contributed by atoms with Gasteiger partial charge in [-0.15, -0.1) is 11.3 Å². The Bertz CT molecular complexity index is 630. The standard InChI is InChI=1S/C15H14O2S2/c16-14(15-5-2-8-18-15)10-19(17)13-7-6-11-3-1-4-12(11)9-13/h2,5-9H,1,3-4,10H2. The van der Waals surface area contributed by atoms with Gasteiger partial charge in [0.15, 0.2) is 5.78 Å². The Balaban J connectivity index is 1.76. The number of aryl methyl sites for hydroxylation is 2. The van der Waals surface area contributed by atoms with Crippen molar-refractivity contribution in [2.75, 3.05) is 5.75 Å². The van der Waals surface area contributed by atoms with Gasteiger partial charge in [-0.1, -0.05) is 12.1 Å². The van der Waals surface area contributed by atoms with Gasteiger partial charge in [-0.3, -0.25) is 9.00 Å². The molecule has 3 rings (SSSR count). The zero-order valence-electron chi connectivity index (χ0n) is 10.4. The van der Waals surface area contributed by atoms with Crippen molar-refractivity contribution < 1.29 is 9.00 Å². The molecule has 0 saturated carbocycles. The monoisotopic (exact) mass is 290 g/mol. The first kappa shape index (κ1) is 12.8. The fourth-order valence-electron chi connectivity index (χ4n) is 2.40. The summed E-state index contributed by atoms with van der Waals surface area (Å²) in [6.45, 7) is 0. The molecule has 0 saturated heterocycles. The van der Waals surface area contributed by atoms with Crippen molar-refractivity contribution in [2.24, 2.45) is 0 Å². The number of benzene rings is 1. The van der Waals surface area contributed by atoms with Crippen LogP contribution in [0.2, 0.25) is 0 Å². The minimum atomic E-state index is -1.23. The summed E-state index contributed by atoms with van der Waals surface area (Å²) in [6, 6.07) is 9.61. The summed E-state index contributed by atoms with van der Waals surface area (Å²) in [5.74, 6) is 0.0491. The molecule has 1 aromatic carbocycles. The van der Waals surface area contributed by atoms with E-state index in [1.54, 1.807) is 6.07 Å². The van der Waals surface area contributed by atoms with Gasteiger partial charge < -0.3 is 0 Å². The topological polar surface area (TPSA) is 34.1 Å². The number of ketones is 1. The maximum atomic E-state index is 12.2. The van der Waals surface area contributed by atoms with E-state index < -0.39 is 10.8 Å². The van der Waals surface area contributed by atoms with Crippen LogP contribution >= 0.6 is 11.3 Å². The first-order chi connectivity index (χ1) is 9.24. The highest BCUT2D eigenvalue weighted by Gasteiger charge is 2.16. The normalized spacial score (nSPS) is 15.2. The van der Waals surface area contributed by atoms with E-state index in [1.165, 1.54) is 28.9 Å². The first-order valence-corrected chi connectivity index (χ1v) is 8.51. The van der Waals surface area contributed by atoms with E-state index >= 15 is 0 Å². The van der Waals surface area contributed by atoms with Crippen molar-refractivity contribution in [3.63, 3.8) is 0 Å². The number of carbonyl (C=O) groups is 1. The number of rotatable bonds is 4. The third-order valence-electron chi connectivity index (χ3n) is 3.39. The van der Waals surface area contributed by atoms with E-state index in [2.05, 4.69) is 6.07 Å². The molecule has 0 aliphatic heterocycles. The minimum Gasteiger partial charge on any atom is -0.292 e. The summed E-state index contributed by atoms with van der Waals surface area (Å²) in [4.78, 5) is 13.4. The van der Waals surface area contributed by atoms with Crippen LogP contribution in [0, 0.1) is 0 Å². The molecule has 1 atom stereocenters. The SMILES string of the molecule is O=C(CS(=O)c1ccc2c(c1)CCC2)c1cccs1. The molecule has 1 unspecified atom stereocenters. The van der Waals surface area contributed by atoms with Crippen LogP contribution in [0.1, 0.15) is 27.2 Å². The van der Waals surface area contributed by atoms with Gasteiger partial charge in [0.2, 0.25) is 0 Å². The number of carbonyl (C=O) groups excluding carboxylic acids is 1. The molecule has 98 valence electrons. The molecule has 1 aliphatic carbocycles. The smallest absolute Gasteiger partial charge is 0.185 e. The molecule has 0 radical (unpaired) electrons. The zero-order chi connectivity index (χ0) is 13.2. The van der Waals surface area contributed by atoms with Crippen molar-refractivity contribution in [3.8, 4) is 0 Å². The molecule has 0 bridgehead atoms. The number of hydrogen-bond donors (Lipinski definition) is 0. The van der Waals surface area contributed by atoms with Crippen LogP contribution in [0.25, 0.3) is 0 Å². The lowest BCUT2D eigenvalue weighted by Gasteiger charge is -2.04. The van der Waals surface area contributed by atoms with Crippen LogP contribution in [0.5, 0.6) is 0 Å². The van der Waals surface area contributed by atoms with Crippen molar-refractivity contribution >= 4 is 27.9 Å². The van der Waals surface area contributed by atoms with Crippen molar-refractivity contribution in [2.45, 2.75) is 24.2 Å². The van der Waals surface area contributed by atoms with Gasteiger partial charge in [0.25, 0.3) is 0 Å². The van der Waals surface area contributed by atoms with Gasteiger partial charge in [-0.2, -0.15) is 0 Å². The van der Waals surface area contributed by atoms with Gasteiger partial charge in [-0.05, 0) is 54.0 Å². The molecule has 4 heteroatoms. The Morgan fingerprint density at radius 3 is 2.84 bits per heavy atom. The Labute approximate surface area is 118 Å². The van der Waals surface area contributed by atoms with Crippen LogP contribution in [-0.4, -0.2) is 15.7 Å². The van der Waals surface area contributed by atoms with Crippen LogP contribution in [0.3, 0.4) is 0 Å². The lowest BCUT2D eigenvalue weighted by atomic mass is 10.1. The summed E-state index contributed by atoms with van der Waals surface area (Å²) >= 11 is 1.40. The second kappa shape index (κ2) is 5.39. The largest absolute Gasteiger partial charge is 0.292 e. The van der Waals surface area contributed by atoms with E-state index in [-0.39, 0.29) is 11.5 Å². The summed E-state index contributed by atoms with van der Waals surface area (Å²) < 4.78 is 12.2. The summed E-state index contributed by atoms with van der Waals surface area (Å²) in [5.41, 5.74) is 2.67. The summed E-state index contributed by atoms with van der Waals surface area (Å²) in [5, 5.41) is 1.87. The molecule has 1 heterocycles. The number of fused-ring (bicyclic) bond motifs is 1. The molecular weight excluding hydrogens is 276 g/mol. The molecule has 1 aliphatic rings. The maximum Gasteiger partial charge on any atom is 0.185 e. The fourth-order valence-corrected chi connectivity index (χ4v) is 4.21. The second-order valence-corrected chi connectivity index (χ2v) is 7.07. The molecule has 19 heavy (non-hydrogen) atoms. The van der Waals surface area contributed by atoms with Crippen LogP contribution in [-0.2, 0) is 23.6 Å². The quantitative estimate of drug-likeness (QED) is 0.810. The third kappa shape index (κ3) is 2.69. The maximum absolute atomic E-state index is 12.2. The van der Waals surface area contributed by atoms with E-state index in [0.29, 0.717) is 4.88 Å². The van der Waals surface area contributed by atoms with Crippen LogP contribution in [0.4, 0.5) is 0 Å². The lowest BCUT2D eigenvalue weighted by Crippen LogP contribution is -2.10. The van der Waals surface area contributed by atoms with Gasteiger partial charge in [0.1, 0.15) is 0 Å². The van der Waals surface area contributed by atoms with Crippen LogP contribution in [0.15, 0.2) is 40.6 Å². The molecule has 2 nitrogen and oxygen atoms in total. The number of hydrogen-bond acceptors (Lipinski definition) is 3. The highest BCUT2D eigenvalue weighted by molar-refractivity contribution is 7.85. The highest BCUT2D eigenvalue weighted by Crippen LogP contribution is 2.24. The molecule has 0 fully saturated rings. The van der Waals surface area contributed by atoms with Gasteiger partial charge in [0, 0.05) is 4.90 Å². The fraction of sp³-hybridized carbons (Fsp3) is 0.267. The second-order valence-electron chi connectivity index (χ2n) is 4.67. The zero-order valence-corrected chi connectivity index (χ0v) is 12.1. The minimum absolute atomic E-state index is 0.0335. The highest BCUT2D eigenvalue weighted by atomic mass is 32.2. The Morgan fingerprint density at radius 2 is 2.05 bits per heavy atom. The van der Waals surface area contributed by atoms with Gasteiger partial charge in [0.05, 0.1) is 21.4 Å². The molecule has 0 spiro atoms. The van der Waals surface area contributed by atoms with Crippen molar-refractivity contribution in [3.05, 3.63) is 51.7 Å². The van der Waals surface area contributed by atoms with Gasteiger partial charge >= 0.3 is 0 Å². The van der Waals surface area contributed by atoms with E-state index in [4.69, 9.17) is 0 Å². The molecule has 0 N–H and O–H groups in total. The average Bonchev–Trinajstić information content (AvgIpc) is 3.09. The molecule has 0 amide bonds. The van der Waals surface area contributed by atoms with E-state index in [9.17, 15) is 9.00 Å². The predicted molar refractivity (Wildman–Crippen MR) is 78.4 cm³/mol.